The predicted octanol–water partition coefficient (Wildman–Crippen LogP) is 3.68. The molecule has 2 aromatic carbocycles. The summed E-state index contributed by atoms with van der Waals surface area (Å²) in [7, 11) is 1.60. The summed E-state index contributed by atoms with van der Waals surface area (Å²) >= 11 is 1.67. The summed E-state index contributed by atoms with van der Waals surface area (Å²) in [5.41, 5.74) is 0.617. The van der Waals surface area contributed by atoms with Gasteiger partial charge in [0.2, 0.25) is 0 Å². The van der Waals surface area contributed by atoms with Crippen LogP contribution in [0, 0.1) is 0 Å². The van der Waals surface area contributed by atoms with Crippen molar-refractivity contribution < 1.29 is 14.3 Å². The molecule has 0 aliphatic rings. The van der Waals surface area contributed by atoms with Crippen LogP contribution in [0.1, 0.15) is 10.4 Å². The van der Waals surface area contributed by atoms with Crippen LogP contribution in [0.15, 0.2) is 53.4 Å². The normalized spacial score (nSPS) is 10.1. The molecule has 2 aromatic rings. The maximum absolute atomic E-state index is 12.0. The molecular formula is C16H16O3S. The molecule has 0 atom stereocenters. The summed E-state index contributed by atoms with van der Waals surface area (Å²) in [6.07, 6.45) is 2.02. The van der Waals surface area contributed by atoms with E-state index in [0.717, 1.165) is 5.75 Å². The molecule has 0 saturated heterocycles. The molecule has 0 radical (unpaired) electrons. The Morgan fingerprint density at radius 3 is 2.15 bits per heavy atom. The average Bonchev–Trinajstić information content (AvgIpc) is 2.53. The molecule has 104 valence electrons. The molecule has 20 heavy (non-hydrogen) atoms. The molecule has 0 bridgehead atoms. The van der Waals surface area contributed by atoms with Gasteiger partial charge in [0.25, 0.3) is 0 Å². The Bertz CT molecular complexity index is 561. The van der Waals surface area contributed by atoms with Gasteiger partial charge < -0.3 is 9.47 Å². The smallest absolute Gasteiger partial charge is 0.200 e. The molecule has 0 aliphatic heterocycles. The fraction of sp³-hybridized carbons (Fsp3) is 0.188. The highest BCUT2D eigenvalue weighted by Crippen LogP contribution is 2.19. The SMILES string of the molecule is COc1ccc(C(=O)COc2ccc(SC)cc2)cc1. The molecule has 0 aliphatic carbocycles. The fourth-order valence-corrected chi connectivity index (χ4v) is 2.09. The summed E-state index contributed by atoms with van der Waals surface area (Å²) in [5.74, 6) is 1.38. The highest BCUT2D eigenvalue weighted by molar-refractivity contribution is 7.98. The number of hydrogen-bond donors (Lipinski definition) is 0. The number of hydrogen-bond acceptors (Lipinski definition) is 4. The molecule has 0 amide bonds. The summed E-state index contributed by atoms with van der Waals surface area (Å²) in [5, 5.41) is 0. The number of ketones is 1. The maximum atomic E-state index is 12.0. The number of Topliss-reactive ketones (excluding diaryl/α,β-unsaturated/α-hetero) is 1. The van der Waals surface area contributed by atoms with Gasteiger partial charge in [0.05, 0.1) is 7.11 Å². The lowest BCUT2D eigenvalue weighted by Gasteiger charge is -2.06. The third-order valence-corrected chi connectivity index (χ3v) is 3.58. The molecular weight excluding hydrogens is 272 g/mol. The Kier molecular flexibility index (Phi) is 5.07. The molecule has 0 spiro atoms. The van der Waals surface area contributed by atoms with Crippen molar-refractivity contribution in [1.82, 2.24) is 0 Å². The summed E-state index contributed by atoms with van der Waals surface area (Å²) in [6, 6.07) is 14.7. The van der Waals surface area contributed by atoms with Gasteiger partial charge >= 0.3 is 0 Å². The number of ether oxygens (including phenoxy) is 2. The maximum Gasteiger partial charge on any atom is 0.200 e. The van der Waals surface area contributed by atoms with Crippen molar-refractivity contribution in [3.05, 3.63) is 54.1 Å². The van der Waals surface area contributed by atoms with Crippen molar-refractivity contribution in [2.45, 2.75) is 4.90 Å². The van der Waals surface area contributed by atoms with E-state index in [1.54, 1.807) is 43.1 Å². The van der Waals surface area contributed by atoms with Gasteiger partial charge in [-0.1, -0.05) is 0 Å². The van der Waals surface area contributed by atoms with Crippen molar-refractivity contribution in [2.75, 3.05) is 20.0 Å². The summed E-state index contributed by atoms with van der Waals surface area (Å²) < 4.78 is 10.5. The van der Waals surface area contributed by atoms with Crippen molar-refractivity contribution >= 4 is 17.5 Å². The van der Waals surface area contributed by atoms with Gasteiger partial charge in [-0.15, -0.1) is 11.8 Å². The lowest BCUT2D eigenvalue weighted by atomic mass is 10.1. The number of methoxy groups -OCH3 is 1. The highest BCUT2D eigenvalue weighted by Gasteiger charge is 2.07. The third kappa shape index (κ3) is 3.78. The van der Waals surface area contributed by atoms with Gasteiger partial charge in [-0.05, 0) is 54.8 Å². The first-order valence-electron chi connectivity index (χ1n) is 6.17. The Balaban J connectivity index is 1.93. The lowest BCUT2D eigenvalue weighted by Crippen LogP contribution is -2.11. The zero-order valence-electron chi connectivity index (χ0n) is 11.5. The Hall–Kier alpha value is -1.94. The van der Waals surface area contributed by atoms with Crippen molar-refractivity contribution in [3.63, 3.8) is 0 Å². The fourth-order valence-electron chi connectivity index (χ4n) is 1.68. The van der Waals surface area contributed by atoms with E-state index >= 15 is 0 Å². The van der Waals surface area contributed by atoms with Crippen molar-refractivity contribution in [2.24, 2.45) is 0 Å². The molecule has 0 saturated carbocycles. The second-order valence-corrected chi connectivity index (χ2v) is 5.00. The van der Waals surface area contributed by atoms with E-state index in [1.807, 2.05) is 30.5 Å². The molecule has 4 heteroatoms. The topological polar surface area (TPSA) is 35.5 Å². The highest BCUT2D eigenvalue weighted by atomic mass is 32.2. The van der Waals surface area contributed by atoms with Gasteiger partial charge in [0, 0.05) is 10.5 Å². The van der Waals surface area contributed by atoms with Gasteiger partial charge in [0.1, 0.15) is 11.5 Å². The van der Waals surface area contributed by atoms with E-state index in [0.29, 0.717) is 11.3 Å². The van der Waals surface area contributed by atoms with Crippen LogP contribution in [-0.2, 0) is 0 Å². The van der Waals surface area contributed by atoms with Crippen LogP contribution < -0.4 is 9.47 Å². The Morgan fingerprint density at radius 2 is 1.60 bits per heavy atom. The van der Waals surface area contributed by atoms with Crippen LogP contribution in [0.3, 0.4) is 0 Å². The predicted molar refractivity (Wildman–Crippen MR) is 81.0 cm³/mol. The number of rotatable bonds is 6. The van der Waals surface area contributed by atoms with Crippen LogP contribution in [0.4, 0.5) is 0 Å². The minimum absolute atomic E-state index is 0.0327. The zero-order chi connectivity index (χ0) is 14.4. The lowest BCUT2D eigenvalue weighted by molar-refractivity contribution is 0.0921. The van der Waals surface area contributed by atoms with E-state index < -0.39 is 0 Å². The first kappa shape index (κ1) is 14.5. The Labute approximate surface area is 122 Å². The molecule has 3 nitrogen and oxygen atoms in total. The molecule has 0 N–H and O–H groups in total. The number of carbonyl (C=O) groups is 1. The average molecular weight is 288 g/mol. The quantitative estimate of drug-likeness (QED) is 0.600. The second kappa shape index (κ2) is 7.01. The number of benzene rings is 2. The zero-order valence-corrected chi connectivity index (χ0v) is 12.3. The van der Waals surface area contributed by atoms with E-state index in [2.05, 4.69) is 0 Å². The van der Waals surface area contributed by atoms with Crippen LogP contribution >= 0.6 is 11.8 Å². The largest absolute Gasteiger partial charge is 0.497 e. The first-order chi connectivity index (χ1) is 9.72. The molecule has 0 aromatic heterocycles. The molecule has 0 fully saturated rings. The summed E-state index contributed by atoms with van der Waals surface area (Å²) in [6.45, 7) is 0.0327. The van der Waals surface area contributed by atoms with Crippen LogP contribution in [0.25, 0.3) is 0 Å². The van der Waals surface area contributed by atoms with E-state index in [1.165, 1.54) is 4.90 Å². The van der Waals surface area contributed by atoms with E-state index in [4.69, 9.17) is 9.47 Å². The molecule has 0 heterocycles. The third-order valence-electron chi connectivity index (χ3n) is 2.84. The summed E-state index contributed by atoms with van der Waals surface area (Å²) in [4.78, 5) is 13.1. The van der Waals surface area contributed by atoms with E-state index in [9.17, 15) is 4.79 Å². The monoisotopic (exact) mass is 288 g/mol. The molecule has 2 rings (SSSR count). The van der Waals surface area contributed by atoms with Gasteiger partial charge in [-0.2, -0.15) is 0 Å². The minimum atomic E-state index is -0.0541. The van der Waals surface area contributed by atoms with Crippen molar-refractivity contribution in [1.29, 1.82) is 0 Å². The minimum Gasteiger partial charge on any atom is -0.497 e. The van der Waals surface area contributed by atoms with Crippen LogP contribution in [0.2, 0.25) is 0 Å². The molecule has 0 unspecified atom stereocenters. The van der Waals surface area contributed by atoms with Crippen LogP contribution in [-0.4, -0.2) is 25.8 Å². The number of carbonyl (C=O) groups excluding carboxylic acids is 1. The second-order valence-electron chi connectivity index (χ2n) is 4.12. The van der Waals surface area contributed by atoms with Gasteiger partial charge in [0.15, 0.2) is 12.4 Å². The standard InChI is InChI=1S/C16H16O3S/c1-18-13-5-3-12(4-6-13)16(17)11-19-14-7-9-15(20-2)10-8-14/h3-10H,11H2,1-2H3. The van der Waals surface area contributed by atoms with Gasteiger partial charge in [-0.3, -0.25) is 4.79 Å². The number of thioether (sulfide) groups is 1. The van der Waals surface area contributed by atoms with Crippen LogP contribution in [0.5, 0.6) is 11.5 Å². The Morgan fingerprint density at radius 1 is 1.00 bits per heavy atom. The van der Waals surface area contributed by atoms with Gasteiger partial charge in [-0.25, -0.2) is 0 Å². The van der Waals surface area contributed by atoms with Crippen molar-refractivity contribution in [3.8, 4) is 11.5 Å². The first-order valence-corrected chi connectivity index (χ1v) is 7.39. The van der Waals surface area contributed by atoms with E-state index in [-0.39, 0.29) is 12.4 Å².